The monoisotopic (exact) mass is 244 g/mol. The number of rotatable bonds is 3. The summed E-state index contributed by atoms with van der Waals surface area (Å²) >= 11 is 0. The molecule has 0 saturated carbocycles. The van der Waals surface area contributed by atoms with Crippen LogP contribution in [0.4, 0.5) is 0 Å². The van der Waals surface area contributed by atoms with Crippen molar-refractivity contribution in [2.24, 2.45) is 0 Å². The van der Waals surface area contributed by atoms with Gasteiger partial charge in [0.25, 0.3) is 0 Å². The van der Waals surface area contributed by atoms with Gasteiger partial charge >= 0.3 is 0 Å². The van der Waals surface area contributed by atoms with Crippen molar-refractivity contribution in [3.05, 3.63) is 41.7 Å². The summed E-state index contributed by atoms with van der Waals surface area (Å²) in [4.78, 5) is 2.13. The first kappa shape index (κ1) is 11.4. The first-order chi connectivity index (χ1) is 8.70. The summed E-state index contributed by atoms with van der Waals surface area (Å²) in [5.74, 6) is 0.845. The number of aliphatic hydroxyl groups is 1. The van der Waals surface area contributed by atoms with Gasteiger partial charge in [-0.3, -0.25) is 4.90 Å². The van der Waals surface area contributed by atoms with Gasteiger partial charge in [-0.2, -0.15) is 0 Å². The highest BCUT2D eigenvalue weighted by atomic mass is 16.5. The van der Waals surface area contributed by atoms with Crippen molar-refractivity contribution in [1.29, 1.82) is 0 Å². The summed E-state index contributed by atoms with van der Waals surface area (Å²) in [5.41, 5.74) is 3.17. The van der Waals surface area contributed by atoms with Crippen LogP contribution in [0.2, 0.25) is 0 Å². The summed E-state index contributed by atoms with van der Waals surface area (Å²) in [7, 11) is 0. The summed E-state index contributed by atoms with van der Waals surface area (Å²) < 4.78 is 5.32. The van der Waals surface area contributed by atoms with E-state index in [0.29, 0.717) is 0 Å². The predicted molar refractivity (Wildman–Crippen MR) is 68.0 cm³/mol. The lowest BCUT2D eigenvalue weighted by Gasteiger charge is -2.34. The molecule has 0 radical (unpaired) electrons. The van der Waals surface area contributed by atoms with Crippen LogP contribution in [-0.4, -0.2) is 34.4 Å². The van der Waals surface area contributed by atoms with Gasteiger partial charge in [0.2, 0.25) is 0 Å². The Morgan fingerprint density at radius 3 is 2.72 bits per heavy atom. The first-order valence-electron chi connectivity index (χ1n) is 6.14. The summed E-state index contributed by atoms with van der Waals surface area (Å²) in [6.45, 7) is 4.23. The van der Waals surface area contributed by atoms with Crippen LogP contribution in [0.5, 0.6) is 0 Å². The van der Waals surface area contributed by atoms with Gasteiger partial charge in [-0.05, 0) is 6.92 Å². The Morgan fingerprint density at radius 2 is 2.06 bits per heavy atom. The molecule has 4 heteroatoms. The molecule has 3 rings (SSSR count). The molecule has 0 atom stereocenters. The maximum atomic E-state index is 9.22. The van der Waals surface area contributed by atoms with Gasteiger partial charge in [0.15, 0.2) is 5.76 Å². The molecule has 0 bridgehead atoms. The molecule has 18 heavy (non-hydrogen) atoms. The fourth-order valence-electron chi connectivity index (χ4n) is 2.14. The molecule has 0 amide bonds. The minimum absolute atomic E-state index is 0.176. The highest BCUT2D eigenvalue weighted by molar-refractivity contribution is 5.59. The van der Waals surface area contributed by atoms with Crippen LogP contribution in [-0.2, 0) is 6.54 Å². The predicted octanol–water partition coefficient (Wildman–Crippen LogP) is 1.83. The standard InChI is InChI=1S/C14H16N2O2/c1-10-2-4-11(5-3-10)14-6-13(18-15-14)9-16-7-12(17)8-16/h2-6,12,17H,7-9H2,1H3. The molecule has 0 aliphatic carbocycles. The second kappa shape index (κ2) is 4.55. The van der Waals surface area contributed by atoms with Crippen LogP contribution >= 0.6 is 0 Å². The van der Waals surface area contributed by atoms with Crippen LogP contribution in [0.25, 0.3) is 11.3 Å². The summed E-state index contributed by atoms with van der Waals surface area (Å²) in [5, 5.41) is 13.3. The van der Waals surface area contributed by atoms with Gasteiger partial charge in [-0.1, -0.05) is 35.0 Å². The smallest absolute Gasteiger partial charge is 0.151 e. The average Bonchev–Trinajstić information content (AvgIpc) is 2.77. The number of hydrogen-bond donors (Lipinski definition) is 1. The highest BCUT2D eigenvalue weighted by Crippen LogP contribution is 2.21. The van der Waals surface area contributed by atoms with Crippen molar-refractivity contribution in [1.82, 2.24) is 10.1 Å². The van der Waals surface area contributed by atoms with Crippen LogP contribution in [0.3, 0.4) is 0 Å². The first-order valence-corrected chi connectivity index (χ1v) is 6.14. The fraction of sp³-hybridized carbons (Fsp3) is 0.357. The molecular weight excluding hydrogens is 228 g/mol. The Kier molecular flexibility index (Phi) is 2.89. The van der Waals surface area contributed by atoms with E-state index in [1.54, 1.807) is 0 Å². The molecule has 1 aliphatic heterocycles. The number of hydrogen-bond acceptors (Lipinski definition) is 4. The second-order valence-corrected chi connectivity index (χ2v) is 4.89. The number of aryl methyl sites for hydroxylation is 1. The third kappa shape index (κ3) is 2.30. The topological polar surface area (TPSA) is 49.5 Å². The van der Waals surface area contributed by atoms with E-state index in [1.165, 1.54) is 5.56 Å². The van der Waals surface area contributed by atoms with E-state index in [0.717, 1.165) is 36.7 Å². The van der Waals surface area contributed by atoms with Crippen molar-refractivity contribution in [2.75, 3.05) is 13.1 Å². The third-order valence-electron chi connectivity index (χ3n) is 3.22. The quantitative estimate of drug-likeness (QED) is 0.894. The van der Waals surface area contributed by atoms with Crippen molar-refractivity contribution in [2.45, 2.75) is 19.6 Å². The van der Waals surface area contributed by atoms with Crippen LogP contribution < -0.4 is 0 Å². The van der Waals surface area contributed by atoms with E-state index >= 15 is 0 Å². The lowest BCUT2D eigenvalue weighted by Crippen LogP contribution is -2.49. The zero-order valence-electron chi connectivity index (χ0n) is 10.3. The van der Waals surface area contributed by atoms with Crippen LogP contribution in [0.1, 0.15) is 11.3 Å². The highest BCUT2D eigenvalue weighted by Gasteiger charge is 2.25. The van der Waals surface area contributed by atoms with E-state index < -0.39 is 0 Å². The zero-order chi connectivity index (χ0) is 12.5. The Morgan fingerprint density at radius 1 is 1.33 bits per heavy atom. The normalized spacial score (nSPS) is 16.8. The number of benzene rings is 1. The lowest BCUT2D eigenvalue weighted by atomic mass is 10.1. The molecule has 1 N–H and O–H groups in total. The van der Waals surface area contributed by atoms with Gasteiger partial charge in [0.1, 0.15) is 5.69 Å². The van der Waals surface area contributed by atoms with Crippen LogP contribution in [0, 0.1) is 6.92 Å². The van der Waals surface area contributed by atoms with Gasteiger partial charge in [0.05, 0.1) is 12.6 Å². The molecule has 1 saturated heterocycles. The Labute approximate surface area is 106 Å². The molecule has 0 spiro atoms. The molecule has 0 unspecified atom stereocenters. The van der Waals surface area contributed by atoms with E-state index in [-0.39, 0.29) is 6.10 Å². The number of aliphatic hydroxyl groups excluding tert-OH is 1. The van der Waals surface area contributed by atoms with Gasteiger partial charge in [-0.25, -0.2) is 0 Å². The maximum absolute atomic E-state index is 9.22. The van der Waals surface area contributed by atoms with Crippen molar-refractivity contribution in [3.8, 4) is 11.3 Å². The van der Waals surface area contributed by atoms with Crippen molar-refractivity contribution >= 4 is 0 Å². The summed E-state index contributed by atoms with van der Waals surface area (Å²) in [6, 6.07) is 10.2. The largest absolute Gasteiger partial charge is 0.390 e. The molecule has 1 aromatic carbocycles. The van der Waals surface area contributed by atoms with E-state index in [4.69, 9.17) is 4.52 Å². The molecule has 4 nitrogen and oxygen atoms in total. The molecular formula is C14H16N2O2. The number of nitrogens with zero attached hydrogens (tertiary/aromatic N) is 2. The van der Waals surface area contributed by atoms with Crippen molar-refractivity contribution in [3.63, 3.8) is 0 Å². The molecule has 2 aromatic rings. The zero-order valence-corrected chi connectivity index (χ0v) is 10.3. The number of β-amino-alcohol motifs (C(OH)–C–C–N with tert-alkyl or cyclic N) is 1. The van der Waals surface area contributed by atoms with E-state index in [1.807, 2.05) is 18.2 Å². The Bertz CT molecular complexity index is 527. The second-order valence-electron chi connectivity index (χ2n) is 4.89. The minimum atomic E-state index is -0.176. The molecule has 1 aromatic heterocycles. The van der Waals surface area contributed by atoms with Crippen LogP contribution in [0.15, 0.2) is 34.9 Å². The lowest BCUT2D eigenvalue weighted by molar-refractivity contribution is -0.00715. The minimum Gasteiger partial charge on any atom is -0.390 e. The Balaban J connectivity index is 1.71. The summed E-state index contributed by atoms with van der Waals surface area (Å²) in [6.07, 6.45) is -0.176. The van der Waals surface area contributed by atoms with Gasteiger partial charge in [0, 0.05) is 24.7 Å². The molecule has 2 heterocycles. The van der Waals surface area contributed by atoms with Gasteiger partial charge in [-0.15, -0.1) is 0 Å². The average molecular weight is 244 g/mol. The van der Waals surface area contributed by atoms with Gasteiger partial charge < -0.3 is 9.63 Å². The number of aromatic nitrogens is 1. The number of likely N-dealkylation sites (tertiary alicyclic amines) is 1. The third-order valence-corrected chi connectivity index (χ3v) is 3.22. The Hall–Kier alpha value is -1.65. The maximum Gasteiger partial charge on any atom is 0.151 e. The molecule has 1 aliphatic rings. The molecule has 1 fully saturated rings. The molecule has 94 valence electrons. The fourth-order valence-corrected chi connectivity index (χ4v) is 2.14. The van der Waals surface area contributed by atoms with E-state index in [2.05, 4.69) is 29.1 Å². The van der Waals surface area contributed by atoms with E-state index in [9.17, 15) is 5.11 Å². The SMILES string of the molecule is Cc1ccc(-c2cc(CN3CC(O)C3)on2)cc1. The van der Waals surface area contributed by atoms with Crippen molar-refractivity contribution < 1.29 is 9.63 Å².